The molecule has 0 aromatic carbocycles. The molecule has 5 nitrogen and oxygen atoms in total. The van der Waals surface area contributed by atoms with Gasteiger partial charge in [-0.1, -0.05) is 0 Å². The van der Waals surface area contributed by atoms with Crippen LogP contribution in [0.25, 0.3) is 0 Å². The highest BCUT2D eigenvalue weighted by atomic mass is 16.1. The number of aromatic nitrogens is 2. The molecule has 3 N–H and O–H groups in total. The third-order valence-corrected chi connectivity index (χ3v) is 1.77. The Morgan fingerprint density at radius 2 is 2.58 bits per heavy atom. The average Bonchev–Trinajstić information content (AvgIpc) is 2.52. The first-order valence-corrected chi connectivity index (χ1v) is 3.61. The Morgan fingerprint density at radius 3 is 3.33 bits per heavy atom. The fourth-order valence-electron chi connectivity index (χ4n) is 1.23. The Morgan fingerprint density at radius 1 is 1.75 bits per heavy atom. The van der Waals surface area contributed by atoms with Crippen LogP contribution in [0.5, 0.6) is 0 Å². The molecule has 5 heteroatoms. The number of aliphatic imine (C=N–C) groups is 1. The van der Waals surface area contributed by atoms with Crippen LogP contribution in [0.2, 0.25) is 0 Å². The molecule has 0 saturated carbocycles. The van der Waals surface area contributed by atoms with Crippen LogP contribution in [0.3, 0.4) is 0 Å². The molecule has 0 radical (unpaired) electrons. The predicted molar refractivity (Wildman–Crippen MR) is 42.8 cm³/mol. The van der Waals surface area contributed by atoms with Gasteiger partial charge in [0.25, 0.3) is 0 Å². The fraction of sp³-hybridized carbons (Fsp3) is 0.286. The molecule has 2 heterocycles. The van der Waals surface area contributed by atoms with E-state index in [1.807, 2.05) is 0 Å². The van der Waals surface area contributed by atoms with Crippen molar-refractivity contribution in [2.75, 3.05) is 0 Å². The summed E-state index contributed by atoms with van der Waals surface area (Å²) in [6.07, 6.45) is 1.90. The number of H-pyrrole nitrogens is 1. The van der Waals surface area contributed by atoms with Crippen molar-refractivity contribution >= 4 is 12.1 Å². The smallest absolute Gasteiger partial charge is 0.223 e. The van der Waals surface area contributed by atoms with Gasteiger partial charge < -0.3 is 5.73 Å². The number of carbonyl (C=O) groups is 1. The largest absolute Gasteiger partial charge is 0.369 e. The summed E-state index contributed by atoms with van der Waals surface area (Å²) < 4.78 is 0. The first-order valence-electron chi connectivity index (χ1n) is 3.61. The molecule has 1 aromatic heterocycles. The van der Waals surface area contributed by atoms with Gasteiger partial charge in [0, 0.05) is 11.8 Å². The maximum absolute atomic E-state index is 10.6. The minimum Gasteiger partial charge on any atom is -0.369 e. The highest BCUT2D eigenvalue weighted by molar-refractivity contribution is 5.87. The molecule has 2 rings (SSSR count). The Hall–Kier alpha value is -1.65. The number of aromatic amines is 1. The van der Waals surface area contributed by atoms with Crippen LogP contribution in [0.4, 0.5) is 0 Å². The number of carbonyl (C=O) groups excluding carboxylic acids is 1. The van der Waals surface area contributed by atoms with Gasteiger partial charge in [0.2, 0.25) is 5.91 Å². The van der Waals surface area contributed by atoms with Crippen LogP contribution >= 0.6 is 0 Å². The molecule has 0 saturated heterocycles. The normalized spacial score (nSPS) is 13.3. The lowest BCUT2D eigenvalue weighted by atomic mass is 10.2. The number of nitrogens with zero attached hydrogens (tertiary/aromatic N) is 2. The Bertz CT molecular complexity index is 352. The number of amides is 1. The van der Waals surface area contributed by atoms with Crippen molar-refractivity contribution < 1.29 is 4.79 Å². The number of rotatable bonds is 2. The second-order valence-corrected chi connectivity index (χ2v) is 2.68. The Balaban J connectivity index is 2.33. The Kier molecular flexibility index (Phi) is 1.43. The zero-order chi connectivity index (χ0) is 8.55. The third kappa shape index (κ3) is 0.990. The van der Waals surface area contributed by atoms with Crippen LogP contribution in [-0.2, 0) is 17.8 Å². The molecule has 0 atom stereocenters. The van der Waals surface area contributed by atoms with Crippen LogP contribution in [-0.4, -0.2) is 22.3 Å². The molecule has 1 aromatic rings. The molecule has 0 unspecified atom stereocenters. The minimum absolute atomic E-state index is 0.178. The number of nitrogens with two attached hydrogens (primary N) is 1. The lowest BCUT2D eigenvalue weighted by molar-refractivity contribution is -0.117. The molecule has 0 aliphatic carbocycles. The molecule has 0 spiro atoms. The molecule has 1 amide bonds. The quantitative estimate of drug-likeness (QED) is 0.610. The van der Waals surface area contributed by atoms with Crippen molar-refractivity contribution in [1.29, 1.82) is 0 Å². The molecule has 62 valence electrons. The maximum Gasteiger partial charge on any atom is 0.223 e. The number of hydrogen-bond acceptors (Lipinski definition) is 3. The SMILES string of the molecule is NC(=O)Cc1n[nH]c2c1C=NC2. The van der Waals surface area contributed by atoms with Crippen molar-refractivity contribution in [2.24, 2.45) is 10.7 Å². The molecular formula is C7H8N4O. The van der Waals surface area contributed by atoms with Gasteiger partial charge in [0.05, 0.1) is 24.4 Å². The minimum atomic E-state index is -0.371. The first-order chi connectivity index (χ1) is 5.77. The summed E-state index contributed by atoms with van der Waals surface area (Å²) in [5.41, 5.74) is 7.62. The summed E-state index contributed by atoms with van der Waals surface area (Å²) >= 11 is 0. The summed E-state index contributed by atoms with van der Waals surface area (Å²) in [5.74, 6) is -0.371. The average molecular weight is 164 g/mol. The molecule has 1 aliphatic heterocycles. The second kappa shape index (κ2) is 2.44. The van der Waals surface area contributed by atoms with Gasteiger partial charge in [-0.3, -0.25) is 14.9 Å². The lowest BCUT2D eigenvalue weighted by Gasteiger charge is -1.90. The zero-order valence-electron chi connectivity index (χ0n) is 6.37. The molecular weight excluding hydrogens is 156 g/mol. The van der Waals surface area contributed by atoms with Crippen LogP contribution in [0, 0.1) is 0 Å². The third-order valence-electron chi connectivity index (χ3n) is 1.77. The first kappa shape index (κ1) is 7.02. The second-order valence-electron chi connectivity index (χ2n) is 2.68. The maximum atomic E-state index is 10.6. The van der Waals surface area contributed by atoms with Crippen LogP contribution in [0.15, 0.2) is 4.99 Å². The van der Waals surface area contributed by atoms with E-state index in [1.54, 1.807) is 6.21 Å². The summed E-state index contributed by atoms with van der Waals surface area (Å²) in [5, 5.41) is 6.77. The number of nitrogens with one attached hydrogen (secondary N) is 1. The van der Waals surface area contributed by atoms with Crippen LogP contribution < -0.4 is 5.73 Å². The zero-order valence-corrected chi connectivity index (χ0v) is 6.37. The molecule has 0 bridgehead atoms. The van der Waals surface area contributed by atoms with E-state index in [2.05, 4.69) is 15.2 Å². The van der Waals surface area contributed by atoms with Crippen molar-refractivity contribution in [3.05, 3.63) is 17.0 Å². The van der Waals surface area contributed by atoms with E-state index >= 15 is 0 Å². The number of hydrogen-bond donors (Lipinski definition) is 2. The fourth-order valence-corrected chi connectivity index (χ4v) is 1.23. The van der Waals surface area contributed by atoms with Gasteiger partial charge in [-0.2, -0.15) is 5.10 Å². The number of fused-ring (bicyclic) bond motifs is 1. The highest BCUT2D eigenvalue weighted by Gasteiger charge is 2.15. The van der Waals surface area contributed by atoms with E-state index in [-0.39, 0.29) is 12.3 Å². The van der Waals surface area contributed by atoms with Crippen molar-refractivity contribution in [1.82, 2.24) is 10.2 Å². The highest BCUT2D eigenvalue weighted by Crippen LogP contribution is 2.15. The van der Waals surface area contributed by atoms with Gasteiger partial charge in [0.1, 0.15) is 0 Å². The standard InChI is InChI=1S/C7H8N4O/c8-7(12)1-5-4-2-9-3-6(4)11-10-5/h2H,1,3H2,(H2,8,12)(H,10,11). The van der Waals surface area contributed by atoms with Gasteiger partial charge in [-0.05, 0) is 0 Å². The van der Waals surface area contributed by atoms with Crippen molar-refractivity contribution in [3.8, 4) is 0 Å². The predicted octanol–water partition coefficient (Wildman–Crippen LogP) is -0.630. The van der Waals surface area contributed by atoms with E-state index < -0.39 is 0 Å². The Labute approximate surface area is 68.7 Å². The van der Waals surface area contributed by atoms with Gasteiger partial charge in [0.15, 0.2) is 0 Å². The number of primary amides is 1. The molecule has 1 aliphatic rings. The van der Waals surface area contributed by atoms with E-state index in [9.17, 15) is 4.79 Å². The van der Waals surface area contributed by atoms with Crippen LogP contribution in [0.1, 0.15) is 17.0 Å². The summed E-state index contributed by atoms with van der Waals surface area (Å²) in [4.78, 5) is 14.6. The lowest BCUT2D eigenvalue weighted by Crippen LogP contribution is -2.14. The van der Waals surface area contributed by atoms with Crippen molar-refractivity contribution in [2.45, 2.75) is 13.0 Å². The summed E-state index contributed by atoms with van der Waals surface area (Å²) in [6, 6.07) is 0. The van der Waals surface area contributed by atoms with E-state index in [0.29, 0.717) is 12.2 Å². The summed E-state index contributed by atoms with van der Waals surface area (Å²) in [6.45, 7) is 0.626. The van der Waals surface area contributed by atoms with E-state index in [0.717, 1.165) is 11.3 Å². The monoisotopic (exact) mass is 164 g/mol. The van der Waals surface area contributed by atoms with Gasteiger partial charge >= 0.3 is 0 Å². The molecule has 0 fully saturated rings. The summed E-state index contributed by atoms with van der Waals surface area (Å²) in [7, 11) is 0. The van der Waals surface area contributed by atoms with Gasteiger partial charge in [-0.25, -0.2) is 0 Å². The molecule has 12 heavy (non-hydrogen) atoms. The van der Waals surface area contributed by atoms with Gasteiger partial charge in [-0.15, -0.1) is 0 Å². The topological polar surface area (TPSA) is 84.1 Å². The van der Waals surface area contributed by atoms with Crippen molar-refractivity contribution in [3.63, 3.8) is 0 Å². The van der Waals surface area contributed by atoms with E-state index in [4.69, 9.17) is 5.73 Å². The van der Waals surface area contributed by atoms with E-state index in [1.165, 1.54) is 0 Å².